The zero-order chi connectivity index (χ0) is 21.5. The predicted molar refractivity (Wildman–Crippen MR) is 124 cm³/mol. The minimum atomic E-state index is 0.279. The molecule has 0 saturated heterocycles. The van der Waals surface area contributed by atoms with Crippen LogP contribution in [0.1, 0.15) is 17.3 Å². The summed E-state index contributed by atoms with van der Waals surface area (Å²) in [6, 6.07) is 20.7. The smallest absolute Gasteiger partial charge is 0.163 e. The van der Waals surface area contributed by atoms with Gasteiger partial charge in [0.05, 0.1) is 6.20 Å². The molecule has 0 saturated carbocycles. The molecule has 8 heteroatoms. The fourth-order valence-corrected chi connectivity index (χ4v) is 4.29. The summed E-state index contributed by atoms with van der Waals surface area (Å²) in [7, 11) is 1.89. The summed E-state index contributed by atoms with van der Waals surface area (Å²) in [6.45, 7) is 0.829. The van der Waals surface area contributed by atoms with Crippen LogP contribution in [-0.2, 0) is 13.5 Å². The van der Waals surface area contributed by atoms with Crippen LogP contribution >= 0.6 is 0 Å². The quantitative estimate of drug-likeness (QED) is 0.445. The van der Waals surface area contributed by atoms with Crippen molar-refractivity contribution in [2.24, 2.45) is 7.05 Å². The number of anilines is 3. The standard InChI is InChI=1S/C24H22N8/c1-31-21(8-10-27-31)28-20-12-17(7-9-25-20)18-13-22-26-15-19(11-16-5-3-2-4-6-16)24-30-29-23(14-18)32(22)24/h2-10,12-14,19,26H,11,15H2,1H3,(H,25,28)/t19-/m1/s1. The van der Waals surface area contributed by atoms with E-state index in [2.05, 4.69) is 71.7 Å². The summed E-state index contributed by atoms with van der Waals surface area (Å²) in [5.74, 6) is 3.95. The van der Waals surface area contributed by atoms with E-state index >= 15 is 0 Å². The Morgan fingerprint density at radius 3 is 2.75 bits per heavy atom. The predicted octanol–water partition coefficient (Wildman–Crippen LogP) is 4.02. The molecule has 0 spiro atoms. The second-order valence-electron chi connectivity index (χ2n) is 8.04. The molecule has 1 aromatic carbocycles. The van der Waals surface area contributed by atoms with Gasteiger partial charge in [0.2, 0.25) is 0 Å². The average Bonchev–Trinajstić information content (AvgIpc) is 3.44. The van der Waals surface area contributed by atoms with Crippen LogP contribution in [0.4, 0.5) is 17.5 Å². The molecule has 32 heavy (non-hydrogen) atoms. The van der Waals surface area contributed by atoms with Crippen LogP contribution in [0.3, 0.4) is 0 Å². The van der Waals surface area contributed by atoms with E-state index in [1.54, 1.807) is 10.9 Å². The molecular weight excluding hydrogens is 400 g/mol. The number of aromatic nitrogens is 6. The highest BCUT2D eigenvalue weighted by atomic mass is 15.3. The molecule has 5 aromatic rings. The average molecular weight is 422 g/mol. The molecule has 1 atom stereocenters. The van der Waals surface area contributed by atoms with Crippen LogP contribution in [0.5, 0.6) is 0 Å². The molecular formula is C24H22N8. The van der Waals surface area contributed by atoms with Crippen LogP contribution < -0.4 is 10.6 Å². The number of rotatable bonds is 5. The summed E-state index contributed by atoms with van der Waals surface area (Å²) in [6.07, 6.45) is 4.50. The molecule has 2 N–H and O–H groups in total. The Morgan fingerprint density at radius 1 is 1.00 bits per heavy atom. The van der Waals surface area contributed by atoms with Gasteiger partial charge < -0.3 is 10.6 Å². The van der Waals surface area contributed by atoms with Gasteiger partial charge in [0.25, 0.3) is 0 Å². The molecule has 0 unspecified atom stereocenters. The zero-order valence-electron chi connectivity index (χ0n) is 17.6. The van der Waals surface area contributed by atoms with Gasteiger partial charge in [-0.15, -0.1) is 10.2 Å². The van der Waals surface area contributed by atoms with E-state index in [4.69, 9.17) is 0 Å². The van der Waals surface area contributed by atoms with E-state index in [1.807, 2.05) is 37.5 Å². The third kappa shape index (κ3) is 3.26. The third-order valence-electron chi connectivity index (χ3n) is 5.92. The zero-order valence-corrected chi connectivity index (χ0v) is 17.6. The number of aryl methyl sites for hydroxylation is 1. The monoisotopic (exact) mass is 422 g/mol. The minimum absolute atomic E-state index is 0.279. The van der Waals surface area contributed by atoms with Gasteiger partial charge in [-0.25, -0.2) is 4.98 Å². The second kappa shape index (κ2) is 7.49. The summed E-state index contributed by atoms with van der Waals surface area (Å²) < 4.78 is 3.91. The van der Waals surface area contributed by atoms with Crippen molar-refractivity contribution in [2.75, 3.05) is 17.2 Å². The van der Waals surface area contributed by atoms with Crippen LogP contribution in [0.25, 0.3) is 16.8 Å². The number of hydrogen-bond acceptors (Lipinski definition) is 6. The van der Waals surface area contributed by atoms with Crippen molar-refractivity contribution in [1.82, 2.24) is 29.4 Å². The van der Waals surface area contributed by atoms with Crippen molar-refractivity contribution in [3.63, 3.8) is 0 Å². The van der Waals surface area contributed by atoms with Crippen LogP contribution in [0, 0.1) is 0 Å². The number of nitrogens with zero attached hydrogens (tertiary/aromatic N) is 6. The first kappa shape index (κ1) is 18.6. The SMILES string of the molecule is Cn1nccc1Nc1cc(-c2cc3n4c(nnc4c2)[C@H](Cc2ccccc2)CN3)ccn1. The Hall–Kier alpha value is -4.20. The molecule has 0 bridgehead atoms. The summed E-state index contributed by atoms with van der Waals surface area (Å²) >= 11 is 0. The van der Waals surface area contributed by atoms with Crippen LogP contribution in [-0.4, -0.2) is 35.9 Å². The van der Waals surface area contributed by atoms with E-state index in [9.17, 15) is 0 Å². The number of nitrogens with one attached hydrogen (secondary N) is 2. The third-order valence-corrected chi connectivity index (χ3v) is 5.92. The normalized spacial score (nSPS) is 15.0. The Balaban J connectivity index is 1.33. The fourth-order valence-electron chi connectivity index (χ4n) is 4.29. The maximum atomic E-state index is 4.55. The first-order valence-corrected chi connectivity index (χ1v) is 10.6. The highest BCUT2D eigenvalue weighted by molar-refractivity contribution is 5.74. The van der Waals surface area contributed by atoms with Gasteiger partial charge in [-0.3, -0.25) is 9.08 Å². The first-order chi connectivity index (χ1) is 15.7. The number of hydrogen-bond donors (Lipinski definition) is 2. The minimum Gasteiger partial charge on any atom is -0.370 e. The Bertz CT molecular complexity index is 1400. The van der Waals surface area contributed by atoms with Gasteiger partial charge in [-0.2, -0.15) is 5.10 Å². The molecule has 0 aliphatic carbocycles. The number of pyridine rings is 2. The first-order valence-electron chi connectivity index (χ1n) is 10.6. The lowest BCUT2D eigenvalue weighted by Crippen LogP contribution is -2.24. The van der Waals surface area contributed by atoms with Gasteiger partial charge in [0.15, 0.2) is 5.65 Å². The summed E-state index contributed by atoms with van der Waals surface area (Å²) in [4.78, 5) is 4.45. The lowest BCUT2D eigenvalue weighted by molar-refractivity contribution is 0.635. The number of benzene rings is 1. The van der Waals surface area contributed by atoms with Gasteiger partial charge >= 0.3 is 0 Å². The molecule has 1 aliphatic rings. The highest BCUT2D eigenvalue weighted by Gasteiger charge is 2.25. The Morgan fingerprint density at radius 2 is 1.91 bits per heavy atom. The van der Waals surface area contributed by atoms with E-state index in [-0.39, 0.29) is 5.92 Å². The van der Waals surface area contributed by atoms with Crippen molar-refractivity contribution in [3.05, 3.63) is 84.4 Å². The maximum Gasteiger partial charge on any atom is 0.163 e. The molecule has 158 valence electrons. The van der Waals surface area contributed by atoms with Crippen molar-refractivity contribution >= 4 is 23.1 Å². The van der Waals surface area contributed by atoms with Gasteiger partial charge in [-0.1, -0.05) is 30.3 Å². The van der Waals surface area contributed by atoms with Crippen molar-refractivity contribution in [1.29, 1.82) is 0 Å². The molecule has 0 radical (unpaired) electrons. The van der Waals surface area contributed by atoms with Crippen molar-refractivity contribution < 1.29 is 0 Å². The Labute approximate surface area is 185 Å². The van der Waals surface area contributed by atoms with Crippen LogP contribution in [0.2, 0.25) is 0 Å². The molecule has 0 amide bonds. The molecule has 0 fully saturated rings. The van der Waals surface area contributed by atoms with Gasteiger partial charge in [-0.05, 0) is 47.4 Å². The summed E-state index contributed by atoms with van der Waals surface area (Å²) in [5, 5.41) is 20.1. The molecule has 4 aromatic heterocycles. The topological polar surface area (TPSA) is 85.0 Å². The maximum absolute atomic E-state index is 4.55. The molecule has 5 heterocycles. The van der Waals surface area contributed by atoms with E-state index < -0.39 is 0 Å². The molecule has 6 rings (SSSR count). The summed E-state index contributed by atoms with van der Waals surface area (Å²) in [5.41, 5.74) is 4.27. The van der Waals surface area contributed by atoms with Gasteiger partial charge in [0.1, 0.15) is 23.3 Å². The molecule has 1 aliphatic heterocycles. The van der Waals surface area contributed by atoms with Crippen molar-refractivity contribution in [3.8, 4) is 11.1 Å². The Kier molecular flexibility index (Phi) is 4.34. The second-order valence-corrected chi connectivity index (χ2v) is 8.04. The lowest BCUT2D eigenvalue weighted by atomic mass is 9.97. The lowest BCUT2D eigenvalue weighted by Gasteiger charge is -2.24. The molecule has 8 nitrogen and oxygen atoms in total. The largest absolute Gasteiger partial charge is 0.370 e. The van der Waals surface area contributed by atoms with E-state index in [0.717, 1.165) is 53.0 Å². The van der Waals surface area contributed by atoms with Gasteiger partial charge in [0, 0.05) is 31.8 Å². The van der Waals surface area contributed by atoms with E-state index in [0.29, 0.717) is 0 Å². The highest BCUT2D eigenvalue weighted by Crippen LogP contribution is 2.32. The van der Waals surface area contributed by atoms with Crippen molar-refractivity contribution in [2.45, 2.75) is 12.3 Å². The fraction of sp³-hybridized carbons (Fsp3) is 0.167. The van der Waals surface area contributed by atoms with E-state index in [1.165, 1.54) is 5.56 Å². The van der Waals surface area contributed by atoms with Crippen LogP contribution in [0.15, 0.2) is 73.1 Å².